The molecule has 0 aromatic heterocycles. The number of aliphatic carboxylic acids is 1. The molecule has 1 aliphatic heterocycles. The van der Waals surface area contributed by atoms with Crippen molar-refractivity contribution in [2.75, 3.05) is 27.4 Å². The van der Waals surface area contributed by atoms with Crippen molar-refractivity contribution in [2.45, 2.75) is 90.2 Å². The average Bonchev–Trinajstić information content (AvgIpc) is 3.93. The maximum Gasteiger partial charge on any atom is 0.341 e. The second-order valence-electron chi connectivity index (χ2n) is 13.5. The number of esters is 1. The SMILES string of the molecule is COc1cc([C@H](CC2CC2)C(=O)N2CCCC[C@H]2C(=O)OC(CCc2ccc(C)c(C)c2)c2cccc(OCC(=O)O)c2)cc(C)c1OC. The normalized spacial score (nSPS) is 17.2. The highest BCUT2D eigenvalue weighted by molar-refractivity contribution is 5.89. The van der Waals surface area contributed by atoms with Crippen LogP contribution in [0.3, 0.4) is 0 Å². The van der Waals surface area contributed by atoms with Gasteiger partial charge in [0.2, 0.25) is 5.91 Å². The number of ether oxygens (including phenoxy) is 4. The summed E-state index contributed by atoms with van der Waals surface area (Å²) in [5, 5.41) is 9.13. The number of piperidine rings is 1. The topological polar surface area (TPSA) is 112 Å². The monoisotopic (exact) mass is 671 g/mol. The number of carboxylic acid groups (broad SMARTS) is 1. The summed E-state index contributed by atoms with van der Waals surface area (Å²) in [6, 6.07) is 16.6. The summed E-state index contributed by atoms with van der Waals surface area (Å²) < 4.78 is 23.0. The number of likely N-dealkylation sites (tertiary alicyclic amines) is 1. The molecule has 1 N–H and O–H groups in total. The van der Waals surface area contributed by atoms with Crippen LogP contribution in [0.5, 0.6) is 17.2 Å². The van der Waals surface area contributed by atoms with Crippen molar-refractivity contribution in [2.24, 2.45) is 5.92 Å². The molecule has 1 unspecified atom stereocenters. The first-order valence-electron chi connectivity index (χ1n) is 17.3. The lowest BCUT2D eigenvalue weighted by Gasteiger charge is -2.37. The molecule has 3 aromatic rings. The minimum atomic E-state index is -1.08. The molecule has 9 nitrogen and oxygen atoms in total. The number of carboxylic acids is 1. The quantitative estimate of drug-likeness (QED) is 0.168. The van der Waals surface area contributed by atoms with Crippen LogP contribution in [0.15, 0.2) is 54.6 Å². The van der Waals surface area contributed by atoms with Gasteiger partial charge in [-0.15, -0.1) is 0 Å². The van der Waals surface area contributed by atoms with Crippen molar-refractivity contribution in [3.8, 4) is 17.2 Å². The Bertz CT molecular complexity index is 1650. The standard InChI is InChI=1S/C40H49NO8/c1-25-12-13-28(19-26(25)2)16-17-35(30-9-8-10-32(22-30)48-24-37(42)43)49-40(45)34-11-6-7-18-41(34)39(44)33(21-29-14-15-29)31-20-27(3)38(47-5)36(23-31)46-4/h8-10,12-13,19-20,22-23,29,33-35H,6-7,11,14-18,21,24H2,1-5H3,(H,42,43)/t33-,34-,35?/m0/s1. The Morgan fingerprint density at radius 3 is 2.37 bits per heavy atom. The lowest BCUT2D eigenvalue weighted by Crippen LogP contribution is -2.50. The number of hydrogen-bond acceptors (Lipinski definition) is 7. The van der Waals surface area contributed by atoms with Crippen LogP contribution >= 0.6 is 0 Å². The van der Waals surface area contributed by atoms with Crippen LogP contribution in [0.1, 0.15) is 90.3 Å². The van der Waals surface area contributed by atoms with Crippen LogP contribution in [0.2, 0.25) is 0 Å². The molecule has 1 amide bonds. The highest BCUT2D eigenvalue weighted by Crippen LogP contribution is 2.43. The molecular formula is C40H49NO8. The molecule has 1 saturated carbocycles. The van der Waals surface area contributed by atoms with Gasteiger partial charge in [0, 0.05) is 6.54 Å². The van der Waals surface area contributed by atoms with E-state index in [1.165, 1.54) is 11.1 Å². The van der Waals surface area contributed by atoms with Crippen molar-refractivity contribution >= 4 is 17.8 Å². The molecule has 1 saturated heterocycles. The third kappa shape index (κ3) is 9.13. The Balaban J connectivity index is 1.40. The molecule has 49 heavy (non-hydrogen) atoms. The van der Waals surface area contributed by atoms with Crippen LogP contribution in [0.4, 0.5) is 0 Å². The van der Waals surface area contributed by atoms with Crippen molar-refractivity contribution in [3.05, 3.63) is 88.0 Å². The number of aryl methyl sites for hydroxylation is 4. The molecule has 0 radical (unpaired) electrons. The minimum absolute atomic E-state index is 0.0593. The van der Waals surface area contributed by atoms with Crippen LogP contribution in [0.25, 0.3) is 0 Å². The summed E-state index contributed by atoms with van der Waals surface area (Å²) in [5.74, 6) is 0.114. The number of carbonyl (C=O) groups is 3. The van der Waals surface area contributed by atoms with Gasteiger partial charge in [0.25, 0.3) is 0 Å². The maximum atomic E-state index is 14.5. The second kappa shape index (κ2) is 16.2. The van der Waals surface area contributed by atoms with E-state index in [-0.39, 0.29) is 5.91 Å². The third-order valence-electron chi connectivity index (χ3n) is 9.83. The van der Waals surface area contributed by atoms with Crippen molar-refractivity contribution in [3.63, 3.8) is 0 Å². The molecular weight excluding hydrogens is 622 g/mol. The van der Waals surface area contributed by atoms with Gasteiger partial charge in [-0.25, -0.2) is 9.59 Å². The summed E-state index contributed by atoms with van der Waals surface area (Å²) in [7, 11) is 3.20. The Morgan fingerprint density at radius 1 is 0.878 bits per heavy atom. The van der Waals surface area contributed by atoms with E-state index >= 15 is 0 Å². The first-order valence-corrected chi connectivity index (χ1v) is 17.3. The molecule has 5 rings (SSSR count). The fourth-order valence-electron chi connectivity index (χ4n) is 6.81. The third-order valence-corrected chi connectivity index (χ3v) is 9.83. The lowest BCUT2D eigenvalue weighted by atomic mass is 9.88. The zero-order chi connectivity index (χ0) is 35.1. The molecule has 1 heterocycles. The fraction of sp³-hybridized carbons (Fsp3) is 0.475. The molecule has 262 valence electrons. The molecule has 9 heteroatoms. The highest BCUT2D eigenvalue weighted by Gasteiger charge is 2.40. The van der Waals surface area contributed by atoms with Gasteiger partial charge >= 0.3 is 11.9 Å². The summed E-state index contributed by atoms with van der Waals surface area (Å²) in [5.41, 5.74) is 6.00. The predicted molar refractivity (Wildman–Crippen MR) is 186 cm³/mol. The number of nitrogens with zero attached hydrogens (tertiary/aromatic N) is 1. The average molecular weight is 672 g/mol. The van der Waals surface area contributed by atoms with E-state index in [0.29, 0.717) is 61.0 Å². The van der Waals surface area contributed by atoms with E-state index in [2.05, 4.69) is 32.0 Å². The van der Waals surface area contributed by atoms with E-state index in [4.69, 9.17) is 24.1 Å². The summed E-state index contributed by atoms with van der Waals surface area (Å²) in [6.07, 6.45) is 5.61. The Morgan fingerprint density at radius 2 is 1.67 bits per heavy atom. The number of hydrogen-bond donors (Lipinski definition) is 1. The molecule has 1 aliphatic carbocycles. The molecule has 2 aliphatic rings. The van der Waals surface area contributed by atoms with E-state index in [9.17, 15) is 14.4 Å². The van der Waals surface area contributed by atoms with Crippen LogP contribution in [0, 0.1) is 26.7 Å². The van der Waals surface area contributed by atoms with Gasteiger partial charge in [0.05, 0.1) is 20.1 Å². The number of carbonyl (C=O) groups excluding carboxylic acids is 2. The number of amides is 1. The maximum absolute atomic E-state index is 14.5. The van der Waals surface area contributed by atoms with Gasteiger partial charge < -0.3 is 29.0 Å². The van der Waals surface area contributed by atoms with E-state index < -0.39 is 36.6 Å². The first-order chi connectivity index (χ1) is 23.6. The zero-order valence-corrected chi connectivity index (χ0v) is 29.3. The van der Waals surface area contributed by atoms with Crippen LogP contribution in [-0.2, 0) is 25.5 Å². The second-order valence-corrected chi connectivity index (χ2v) is 13.5. The first kappa shape index (κ1) is 35.8. The van der Waals surface area contributed by atoms with E-state index in [1.54, 1.807) is 37.3 Å². The van der Waals surface area contributed by atoms with Gasteiger partial charge in [-0.2, -0.15) is 0 Å². The van der Waals surface area contributed by atoms with Gasteiger partial charge in [0.15, 0.2) is 18.1 Å². The number of methoxy groups -OCH3 is 2. The fourth-order valence-corrected chi connectivity index (χ4v) is 6.81. The molecule has 3 atom stereocenters. The van der Waals surface area contributed by atoms with Gasteiger partial charge in [0.1, 0.15) is 17.9 Å². The number of rotatable bonds is 15. The van der Waals surface area contributed by atoms with E-state index in [0.717, 1.165) is 42.4 Å². The summed E-state index contributed by atoms with van der Waals surface area (Å²) >= 11 is 0. The Kier molecular flexibility index (Phi) is 11.9. The molecule has 0 spiro atoms. The van der Waals surface area contributed by atoms with Gasteiger partial charge in [-0.3, -0.25) is 4.79 Å². The molecule has 2 fully saturated rings. The summed E-state index contributed by atoms with van der Waals surface area (Å²) in [4.78, 5) is 41.6. The van der Waals surface area contributed by atoms with E-state index in [1.807, 2.05) is 25.1 Å². The molecule has 0 bridgehead atoms. The van der Waals surface area contributed by atoms with Crippen LogP contribution in [-0.4, -0.2) is 61.3 Å². The number of benzene rings is 3. The molecule has 3 aromatic carbocycles. The van der Waals surface area contributed by atoms with Crippen molar-refractivity contribution in [1.82, 2.24) is 4.90 Å². The van der Waals surface area contributed by atoms with Gasteiger partial charge in [-0.05, 0) is 117 Å². The zero-order valence-electron chi connectivity index (χ0n) is 29.3. The lowest BCUT2D eigenvalue weighted by molar-refractivity contribution is -0.162. The summed E-state index contributed by atoms with van der Waals surface area (Å²) in [6.45, 7) is 6.11. The smallest absolute Gasteiger partial charge is 0.341 e. The van der Waals surface area contributed by atoms with Gasteiger partial charge in [-0.1, -0.05) is 49.2 Å². The van der Waals surface area contributed by atoms with Crippen molar-refractivity contribution in [1.29, 1.82) is 0 Å². The Hall–Kier alpha value is -4.53. The highest BCUT2D eigenvalue weighted by atomic mass is 16.5. The van der Waals surface area contributed by atoms with Crippen LogP contribution < -0.4 is 14.2 Å². The predicted octanol–water partition coefficient (Wildman–Crippen LogP) is 7.27. The minimum Gasteiger partial charge on any atom is -0.493 e. The largest absolute Gasteiger partial charge is 0.493 e. The van der Waals surface area contributed by atoms with Crippen molar-refractivity contribution < 1.29 is 38.4 Å². The Labute approximate surface area is 289 Å².